The van der Waals surface area contributed by atoms with Crippen LogP contribution in [0, 0.1) is 0 Å². The van der Waals surface area contributed by atoms with Crippen LogP contribution in [-0.4, -0.2) is 29.0 Å². The summed E-state index contributed by atoms with van der Waals surface area (Å²) < 4.78 is 0. The zero-order valence-corrected chi connectivity index (χ0v) is 9.26. The van der Waals surface area contributed by atoms with Crippen LogP contribution in [0.2, 0.25) is 0 Å². The van der Waals surface area contributed by atoms with Gasteiger partial charge in [-0.25, -0.2) is 0 Å². The van der Waals surface area contributed by atoms with Crippen molar-refractivity contribution >= 4 is 0 Å². The molecule has 0 unspecified atom stereocenters. The van der Waals surface area contributed by atoms with E-state index in [1.807, 2.05) is 12.3 Å². The topological polar surface area (TPSA) is 42.2 Å². The molecule has 0 aromatic carbocycles. The van der Waals surface area contributed by atoms with Gasteiger partial charge in [-0.3, -0.25) is 9.88 Å². The normalized spacial score (nSPS) is 21.5. The number of nitrogens with two attached hydrogens (primary N) is 1. The second-order valence-corrected chi connectivity index (χ2v) is 4.30. The Labute approximate surface area is 91.3 Å². The molecule has 1 aliphatic heterocycles. The van der Waals surface area contributed by atoms with Gasteiger partial charge >= 0.3 is 0 Å². The maximum atomic E-state index is 5.89. The molecule has 2 rings (SSSR count). The summed E-state index contributed by atoms with van der Waals surface area (Å²) in [5, 5.41) is 0. The third-order valence-corrected chi connectivity index (χ3v) is 3.24. The minimum atomic E-state index is 0.400. The molecule has 0 amide bonds. The summed E-state index contributed by atoms with van der Waals surface area (Å²) in [7, 11) is 0. The summed E-state index contributed by atoms with van der Waals surface area (Å²) in [4.78, 5) is 6.86. The van der Waals surface area contributed by atoms with Gasteiger partial charge in [0.2, 0.25) is 0 Å². The third kappa shape index (κ3) is 2.55. The lowest BCUT2D eigenvalue weighted by Crippen LogP contribution is -2.40. The first-order valence-electron chi connectivity index (χ1n) is 5.68. The molecule has 0 bridgehead atoms. The Morgan fingerprint density at radius 3 is 2.73 bits per heavy atom. The van der Waals surface area contributed by atoms with Crippen molar-refractivity contribution < 1.29 is 0 Å². The fourth-order valence-electron chi connectivity index (χ4n) is 2.12. The van der Waals surface area contributed by atoms with E-state index in [0.29, 0.717) is 12.1 Å². The second-order valence-electron chi connectivity index (χ2n) is 4.30. The summed E-state index contributed by atoms with van der Waals surface area (Å²) in [6, 6.07) is 6.92. The van der Waals surface area contributed by atoms with Crippen molar-refractivity contribution in [2.75, 3.05) is 13.1 Å². The largest absolute Gasteiger partial charge is 0.328 e. The zero-order valence-electron chi connectivity index (χ0n) is 9.26. The molecule has 0 radical (unpaired) electrons. The van der Waals surface area contributed by atoms with Gasteiger partial charge < -0.3 is 5.73 Å². The molecule has 3 heteroatoms. The number of aromatic nitrogens is 1. The van der Waals surface area contributed by atoms with E-state index < -0.39 is 0 Å². The number of rotatable bonds is 2. The molecule has 0 aliphatic carbocycles. The number of hydrogen-bond acceptors (Lipinski definition) is 3. The van der Waals surface area contributed by atoms with Crippen LogP contribution >= 0.6 is 0 Å². The molecule has 82 valence electrons. The molecule has 3 nitrogen and oxygen atoms in total. The highest BCUT2D eigenvalue weighted by Crippen LogP contribution is 2.21. The first-order valence-corrected chi connectivity index (χ1v) is 5.68. The molecule has 1 aromatic heterocycles. The zero-order chi connectivity index (χ0) is 10.7. The maximum Gasteiger partial charge on any atom is 0.0572 e. The SMILES string of the molecule is C[C@@H](c1ccccn1)N1CCC(N)CC1. The number of piperidine rings is 1. The quantitative estimate of drug-likeness (QED) is 0.797. The van der Waals surface area contributed by atoms with Crippen LogP contribution in [0.3, 0.4) is 0 Å². The molecule has 1 fully saturated rings. The van der Waals surface area contributed by atoms with Crippen LogP contribution in [0.1, 0.15) is 31.5 Å². The van der Waals surface area contributed by atoms with Crippen molar-refractivity contribution in [2.45, 2.75) is 31.8 Å². The van der Waals surface area contributed by atoms with Gasteiger partial charge in [-0.2, -0.15) is 0 Å². The van der Waals surface area contributed by atoms with E-state index >= 15 is 0 Å². The lowest BCUT2D eigenvalue weighted by Gasteiger charge is -2.34. The number of nitrogens with zero attached hydrogens (tertiary/aromatic N) is 2. The first kappa shape index (κ1) is 10.6. The molecule has 15 heavy (non-hydrogen) atoms. The monoisotopic (exact) mass is 205 g/mol. The van der Waals surface area contributed by atoms with Gasteiger partial charge in [-0.15, -0.1) is 0 Å². The fraction of sp³-hybridized carbons (Fsp3) is 0.583. The standard InChI is InChI=1S/C12H19N3/c1-10(12-4-2-3-7-14-12)15-8-5-11(13)6-9-15/h2-4,7,10-11H,5-6,8-9,13H2,1H3/t10-/m0/s1. The minimum Gasteiger partial charge on any atom is -0.328 e. The average molecular weight is 205 g/mol. The smallest absolute Gasteiger partial charge is 0.0572 e. The summed E-state index contributed by atoms with van der Waals surface area (Å²) in [6.07, 6.45) is 4.08. The van der Waals surface area contributed by atoms with Crippen molar-refractivity contribution in [3.63, 3.8) is 0 Å². The Bertz CT molecular complexity index is 291. The average Bonchev–Trinajstić information content (AvgIpc) is 2.30. The van der Waals surface area contributed by atoms with Gasteiger partial charge in [0.05, 0.1) is 5.69 Å². The Hall–Kier alpha value is -0.930. The van der Waals surface area contributed by atoms with Crippen molar-refractivity contribution in [1.29, 1.82) is 0 Å². The molecular formula is C12H19N3. The highest BCUT2D eigenvalue weighted by Gasteiger charge is 2.21. The van der Waals surface area contributed by atoms with Crippen LogP contribution in [0.15, 0.2) is 24.4 Å². The molecular weight excluding hydrogens is 186 g/mol. The summed E-state index contributed by atoms with van der Waals surface area (Å²) >= 11 is 0. The van der Waals surface area contributed by atoms with Gasteiger partial charge in [0.25, 0.3) is 0 Å². The van der Waals surface area contributed by atoms with E-state index in [-0.39, 0.29) is 0 Å². The van der Waals surface area contributed by atoms with Gasteiger partial charge in [0.1, 0.15) is 0 Å². The van der Waals surface area contributed by atoms with Crippen molar-refractivity contribution in [3.8, 4) is 0 Å². The molecule has 1 aliphatic rings. The van der Waals surface area contributed by atoms with Gasteiger partial charge in [0.15, 0.2) is 0 Å². The third-order valence-electron chi connectivity index (χ3n) is 3.24. The molecule has 2 heterocycles. The van der Waals surface area contributed by atoms with Crippen molar-refractivity contribution in [1.82, 2.24) is 9.88 Å². The summed E-state index contributed by atoms with van der Waals surface area (Å²) in [6.45, 7) is 4.41. The van der Waals surface area contributed by atoms with Crippen LogP contribution < -0.4 is 5.73 Å². The van der Waals surface area contributed by atoms with Crippen LogP contribution in [0.4, 0.5) is 0 Å². The van der Waals surface area contributed by atoms with Crippen LogP contribution in [0.25, 0.3) is 0 Å². The van der Waals surface area contributed by atoms with Gasteiger partial charge in [-0.1, -0.05) is 6.07 Å². The van der Waals surface area contributed by atoms with Gasteiger partial charge in [-0.05, 0) is 31.9 Å². The Kier molecular flexibility index (Phi) is 3.34. The lowest BCUT2D eigenvalue weighted by atomic mass is 10.0. The highest BCUT2D eigenvalue weighted by molar-refractivity contribution is 5.08. The Morgan fingerprint density at radius 1 is 1.40 bits per heavy atom. The Balaban J connectivity index is 1.99. The first-order chi connectivity index (χ1) is 7.27. The van der Waals surface area contributed by atoms with E-state index in [4.69, 9.17) is 5.73 Å². The van der Waals surface area contributed by atoms with E-state index in [1.165, 1.54) is 0 Å². The molecule has 2 N–H and O–H groups in total. The molecule has 1 saturated heterocycles. The molecule has 1 aromatic rings. The predicted octanol–water partition coefficient (Wildman–Crippen LogP) is 1.57. The number of pyridine rings is 1. The molecule has 0 spiro atoms. The molecule has 1 atom stereocenters. The van der Waals surface area contributed by atoms with E-state index in [2.05, 4.69) is 28.9 Å². The van der Waals surface area contributed by atoms with Crippen molar-refractivity contribution in [3.05, 3.63) is 30.1 Å². The fourth-order valence-corrected chi connectivity index (χ4v) is 2.12. The summed E-state index contributed by atoms with van der Waals surface area (Å²) in [5.41, 5.74) is 7.05. The van der Waals surface area contributed by atoms with E-state index in [9.17, 15) is 0 Å². The number of likely N-dealkylation sites (tertiary alicyclic amines) is 1. The Morgan fingerprint density at radius 2 is 2.13 bits per heavy atom. The lowest BCUT2D eigenvalue weighted by molar-refractivity contribution is 0.161. The second kappa shape index (κ2) is 4.73. The van der Waals surface area contributed by atoms with E-state index in [0.717, 1.165) is 31.6 Å². The van der Waals surface area contributed by atoms with Crippen LogP contribution in [0.5, 0.6) is 0 Å². The van der Waals surface area contributed by atoms with Gasteiger partial charge in [0, 0.05) is 31.4 Å². The highest BCUT2D eigenvalue weighted by atomic mass is 15.2. The molecule has 0 saturated carbocycles. The van der Waals surface area contributed by atoms with Crippen LogP contribution in [-0.2, 0) is 0 Å². The van der Waals surface area contributed by atoms with E-state index in [1.54, 1.807) is 0 Å². The van der Waals surface area contributed by atoms with Crippen molar-refractivity contribution in [2.24, 2.45) is 5.73 Å². The number of hydrogen-bond donors (Lipinski definition) is 1. The predicted molar refractivity (Wildman–Crippen MR) is 61.4 cm³/mol. The maximum absolute atomic E-state index is 5.89. The summed E-state index contributed by atoms with van der Waals surface area (Å²) in [5.74, 6) is 0. The minimum absolute atomic E-state index is 0.400.